The van der Waals surface area contributed by atoms with Crippen LogP contribution < -0.4 is 0 Å². The first kappa shape index (κ1) is 21.1. The minimum absolute atomic E-state index is 0.107. The monoisotopic (exact) mass is 359 g/mol. The fourth-order valence-corrected chi connectivity index (χ4v) is 4.46. The van der Waals surface area contributed by atoms with E-state index in [0.29, 0.717) is 6.42 Å². The summed E-state index contributed by atoms with van der Waals surface area (Å²) in [6.07, 6.45) is 10.5. The van der Waals surface area contributed by atoms with E-state index >= 15 is 0 Å². The first-order chi connectivity index (χ1) is 12.3. The Morgan fingerprint density at radius 2 is 1.81 bits per heavy atom. The minimum Gasteiger partial charge on any atom is -0.297 e. The smallest absolute Gasteiger partial charge is 0.105 e. The van der Waals surface area contributed by atoms with Gasteiger partial charge in [-0.3, -0.25) is 4.99 Å². The Kier molecular flexibility index (Phi) is 7.43. The Balaban J connectivity index is 2.13. The molecule has 0 amide bonds. The van der Waals surface area contributed by atoms with Crippen LogP contribution in [0.25, 0.3) is 0 Å². The van der Waals surface area contributed by atoms with Crippen molar-refractivity contribution in [2.45, 2.75) is 96.6 Å². The molecule has 0 aromatic heterocycles. The van der Waals surface area contributed by atoms with Crippen molar-refractivity contribution in [3.63, 3.8) is 0 Å². The number of benzene rings is 1. The lowest BCUT2D eigenvalue weighted by Crippen LogP contribution is -2.38. The van der Waals surface area contributed by atoms with E-state index in [1.54, 1.807) is 13.8 Å². The molecule has 1 aromatic rings. The molecule has 1 saturated carbocycles. The molecule has 1 aliphatic rings. The molecule has 2 heteroatoms. The van der Waals surface area contributed by atoms with E-state index in [1.165, 1.54) is 61.8 Å². The van der Waals surface area contributed by atoms with Crippen molar-refractivity contribution in [2.75, 3.05) is 7.05 Å². The van der Waals surface area contributed by atoms with Crippen LogP contribution in [0.4, 0.5) is 4.39 Å². The summed E-state index contributed by atoms with van der Waals surface area (Å²) < 4.78 is 13.8. The van der Waals surface area contributed by atoms with Crippen molar-refractivity contribution in [3.8, 4) is 0 Å². The van der Waals surface area contributed by atoms with Crippen LogP contribution in [0, 0.1) is 5.92 Å². The summed E-state index contributed by atoms with van der Waals surface area (Å²) >= 11 is 0. The van der Waals surface area contributed by atoms with Gasteiger partial charge < -0.3 is 0 Å². The first-order valence-corrected chi connectivity index (χ1v) is 10.5. The van der Waals surface area contributed by atoms with Gasteiger partial charge in [0.1, 0.15) is 5.67 Å². The lowest BCUT2D eigenvalue weighted by Gasteiger charge is -2.41. The van der Waals surface area contributed by atoms with Crippen LogP contribution in [0.2, 0.25) is 0 Å². The van der Waals surface area contributed by atoms with Crippen molar-refractivity contribution in [1.29, 1.82) is 0 Å². The quantitative estimate of drug-likeness (QED) is 0.440. The number of alkyl halides is 1. The largest absolute Gasteiger partial charge is 0.297 e. The highest BCUT2D eigenvalue weighted by molar-refractivity contribution is 5.93. The third kappa shape index (κ3) is 5.41. The second kappa shape index (κ2) is 9.15. The molecule has 0 heterocycles. The zero-order chi connectivity index (χ0) is 19.2. The number of rotatable bonds is 8. The van der Waals surface area contributed by atoms with Gasteiger partial charge in [-0.25, -0.2) is 4.39 Å². The van der Waals surface area contributed by atoms with Crippen molar-refractivity contribution < 1.29 is 4.39 Å². The predicted molar refractivity (Wildman–Crippen MR) is 112 cm³/mol. The van der Waals surface area contributed by atoms with Crippen LogP contribution in [0.1, 0.15) is 90.2 Å². The number of hydrogen-bond donors (Lipinski definition) is 0. The van der Waals surface area contributed by atoms with Gasteiger partial charge in [0.2, 0.25) is 0 Å². The SMILES string of the molecule is CCCCC1CCC(/C(C)=N/C)(c2ccc(CCC(C)(C)F)cc2)CC1. The lowest BCUT2D eigenvalue weighted by molar-refractivity contribution is 0.202. The summed E-state index contributed by atoms with van der Waals surface area (Å²) in [5.74, 6) is 0.888. The van der Waals surface area contributed by atoms with Gasteiger partial charge in [-0.1, -0.05) is 50.5 Å². The fourth-order valence-electron chi connectivity index (χ4n) is 4.46. The standard InChI is InChI=1S/C24H38FN/c1-6-7-8-20-14-17-24(18-15-20,19(2)26-5)22-11-9-21(10-12-22)13-16-23(3,4)25/h9-12,20H,6-8,13-18H2,1-5H3/b26-19+. The molecule has 146 valence electrons. The van der Waals surface area contributed by atoms with E-state index in [9.17, 15) is 4.39 Å². The van der Waals surface area contributed by atoms with Crippen LogP contribution in [-0.2, 0) is 11.8 Å². The molecular formula is C24H38FN. The predicted octanol–water partition coefficient (Wildman–Crippen LogP) is 7.08. The number of unbranched alkanes of at least 4 members (excludes halogenated alkanes) is 1. The Morgan fingerprint density at radius 1 is 1.19 bits per heavy atom. The second-order valence-corrected chi connectivity index (χ2v) is 8.89. The Labute approximate surface area is 160 Å². The average Bonchev–Trinajstić information content (AvgIpc) is 2.64. The molecule has 0 saturated heterocycles. The second-order valence-electron chi connectivity index (χ2n) is 8.89. The minimum atomic E-state index is -1.10. The third-order valence-electron chi connectivity index (χ3n) is 6.47. The van der Waals surface area contributed by atoms with Crippen molar-refractivity contribution in [3.05, 3.63) is 35.4 Å². The maximum absolute atomic E-state index is 13.8. The summed E-state index contributed by atoms with van der Waals surface area (Å²) in [4.78, 5) is 4.61. The third-order valence-corrected chi connectivity index (χ3v) is 6.47. The van der Waals surface area contributed by atoms with E-state index in [0.717, 1.165) is 12.3 Å². The molecule has 0 aliphatic heterocycles. The Morgan fingerprint density at radius 3 is 2.31 bits per heavy atom. The summed E-state index contributed by atoms with van der Waals surface area (Å²) in [5, 5.41) is 0. The highest BCUT2D eigenvalue weighted by atomic mass is 19.1. The van der Waals surface area contributed by atoms with Gasteiger partial charge in [0.25, 0.3) is 0 Å². The van der Waals surface area contributed by atoms with E-state index in [-0.39, 0.29) is 5.41 Å². The highest BCUT2D eigenvalue weighted by Gasteiger charge is 2.38. The number of aryl methyl sites for hydroxylation is 1. The summed E-state index contributed by atoms with van der Waals surface area (Å²) in [6, 6.07) is 8.97. The fraction of sp³-hybridized carbons (Fsp3) is 0.708. The molecule has 0 radical (unpaired) electrons. The maximum atomic E-state index is 13.8. The molecule has 1 aromatic carbocycles. The van der Waals surface area contributed by atoms with E-state index in [2.05, 4.69) is 43.1 Å². The Bertz CT molecular complexity index is 571. The normalized spacial score (nSPS) is 24.7. The zero-order valence-corrected chi connectivity index (χ0v) is 17.6. The van der Waals surface area contributed by atoms with Gasteiger partial charge in [-0.15, -0.1) is 0 Å². The van der Waals surface area contributed by atoms with Crippen LogP contribution >= 0.6 is 0 Å². The maximum Gasteiger partial charge on any atom is 0.105 e. The van der Waals surface area contributed by atoms with Gasteiger partial charge in [-0.05, 0) is 76.3 Å². The number of hydrogen-bond acceptors (Lipinski definition) is 1. The van der Waals surface area contributed by atoms with Gasteiger partial charge in [0, 0.05) is 18.2 Å². The van der Waals surface area contributed by atoms with Crippen molar-refractivity contribution in [1.82, 2.24) is 0 Å². The van der Waals surface area contributed by atoms with Gasteiger partial charge in [0.15, 0.2) is 0 Å². The molecular weight excluding hydrogens is 321 g/mol. The van der Waals surface area contributed by atoms with Crippen LogP contribution in [0.15, 0.2) is 29.3 Å². The molecule has 1 aliphatic carbocycles. The molecule has 0 N–H and O–H groups in total. The number of halogens is 1. The van der Waals surface area contributed by atoms with Gasteiger partial charge >= 0.3 is 0 Å². The van der Waals surface area contributed by atoms with Crippen LogP contribution in [-0.4, -0.2) is 18.4 Å². The van der Waals surface area contributed by atoms with E-state index in [4.69, 9.17) is 0 Å². The number of nitrogens with zero attached hydrogens (tertiary/aromatic N) is 1. The van der Waals surface area contributed by atoms with Gasteiger partial charge in [0.05, 0.1) is 0 Å². The number of aliphatic imine (C=N–C) groups is 1. The van der Waals surface area contributed by atoms with Crippen LogP contribution in [0.5, 0.6) is 0 Å². The Hall–Kier alpha value is -1.18. The molecule has 0 atom stereocenters. The van der Waals surface area contributed by atoms with Crippen LogP contribution in [0.3, 0.4) is 0 Å². The highest BCUT2D eigenvalue weighted by Crippen LogP contribution is 2.44. The van der Waals surface area contributed by atoms with Gasteiger partial charge in [-0.2, -0.15) is 0 Å². The lowest BCUT2D eigenvalue weighted by atomic mass is 9.63. The molecule has 0 spiro atoms. The molecule has 26 heavy (non-hydrogen) atoms. The molecule has 1 nitrogen and oxygen atoms in total. The summed E-state index contributed by atoms with van der Waals surface area (Å²) in [6.45, 7) is 7.81. The molecule has 1 fully saturated rings. The zero-order valence-electron chi connectivity index (χ0n) is 17.6. The van der Waals surface area contributed by atoms with Crippen molar-refractivity contribution in [2.24, 2.45) is 10.9 Å². The molecule has 2 rings (SSSR count). The average molecular weight is 360 g/mol. The molecule has 0 bridgehead atoms. The topological polar surface area (TPSA) is 12.4 Å². The summed E-state index contributed by atoms with van der Waals surface area (Å²) in [7, 11) is 1.93. The van der Waals surface area contributed by atoms with E-state index < -0.39 is 5.67 Å². The summed E-state index contributed by atoms with van der Waals surface area (Å²) in [5.41, 5.74) is 2.91. The first-order valence-electron chi connectivity index (χ1n) is 10.5. The van der Waals surface area contributed by atoms with Crippen molar-refractivity contribution >= 4 is 5.71 Å². The van der Waals surface area contributed by atoms with E-state index in [1.807, 2.05) is 7.05 Å². The molecule has 0 unspecified atom stereocenters.